The van der Waals surface area contributed by atoms with Crippen molar-refractivity contribution in [2.75, 3.05) is 6.61 Å². The van der Waals surface area contributed by atoms with Gasteiger partial charge in [-0.3, -0.25) is 19.7 Å². The lowest BCUT2D eigenvalue weighted by Gasteiger charge is -2.22. The van der Waals surface area contributed by atoms with Gasteiger partial charge in [0.25, 0.3) is 5.91 Å². The van der Waals surface area contributed by atoms with Crippen LogP contribution in [0.1, 0.15) is 41.7 Å². The maximum atomic E-state index is 12.4. The summed E-state index contributed by atoms with van der Waals surface area (Å²) in [5.41, 5.74) is 1.26. The van der Waals surface area contributed by atoms with Crippen molar-refractivity contribution in [1.29, 1.82) is 0 Å². The third kappa shape index (κ3) is 4.20. The van der Waals surface area contributed by atoms with Gasteiger partial charge in [0, 0.05) is 42.2 Å². The molecule has 3 aromatic rings. The van der Waals surface area contributed by atoms with Crippen LogP contribution in [0.25, 0.3) is 10.8 Å². The third-order valence-corrected chi connectivity index (χ3v) is 5.17. The van der Waals surface area contributed by atoms with Crippen LogP contribution in [-0.4, -0.2) is 39.0 Å². The van der Waals surface area contributed by atoms with Gasteiger partial charge in [-0.25, -0.2) is 4.98 Å². The molecule has 1 fully saturated rings. The molecule has 1 aliphatic heterocycles. The van der Waals surface area contributed by atoms with Gasteiger partial charge in [0.05, 0.1) is 12.2 Å². The third-order valence-electron chi connectivity index (χ3n) is 5.17. The molecule has 0 aliphatic carbocycles. The fraction of sp³-hybridized carbons (Fsp3) is 0.273. The minimum atomic E-state index is -0.639. The molecule has 2 aromatic heterocycles. The van der Waals surface area contributed by atoms with E-state index in [0.717, 1.165) is 10.9 Å². The number of pyridine rings is 1. The Labute approximate surface area is 178 Å². The zero-order chi connectivity index (χ0) is 22.0. The molecule has 0 bridgehead atoms. The molecule has 1 saturated heterocycles. The van der Waals surface area contributed by atoms with Crippen molar-refractivity contribution in [2.24, 2.45) is 0 Å². The first-order valence-corrected chi connectivity index (χ1v) is 9.99. The molecule has 31 heavy (non-hydrogen) atoms. The first-order valence-electron chi connectivity index (χ1n) is 9.99. The summed E-state index contributed by atoms with van der Waals surface area (Å²) in [5, 5.41) is 17.0. The van der Waals surface area contributed by atoms with E-state index in [1.165, 1.54) is 10.8 Å². The van der Waals surface area contributed by atoms with Gasteiger partial charge in [-0.05, 0) is 37.1 Å². The van der Waals surface area contributed by atoms with Gasteiger partial charge in [0.2, 0.25) is 17.7 Å². The number of carbonyl (C=O) groups excluding carboxylic acids is 3. The van der Waals surface area contributed by atoms with E-state index in [2.05, 4.69) is 15.6 Å². The van der Waals surface area contributed by atoms with Crippen LogP contribution >= 0.6 is 0 Å². The number of hydrogen-bond acceptors (Lipinski definition) is 6. The van der Waals surface area contributed by atoms with Crippen LogP contribution in [0.15, 0.2) is 42.7 Å². The number of amides is 3. The molecule has 3 amide bonds. The largest absolute Gasteiger partial charge is 0.494 e. The maximum absolute atomic E-state index is 12.4. The van der Waals surface area contributed by atoms with Crippen LogP contribution < -0.4 is 15.4 Å². The Hall–Kier alpha value is -3.88. The van der Waals surface area contributed by atoms with E-state index in [4.69, 9.17) is 4.74 Å². The molecule has 160 valence electrons. The number of fused-ring (bicyclic) bond motifs is 1. The van der Waals surface area contributed by atoms with Crippen LogP contribution in [-0.2, 0) is 16.1 Å². The Morgan fingerprint density at radius 2 is 2.16 bits per heavy atom. The number of piperidine rings is 1. The Balaban J connectivity index is 1.47. The Bertz CT molecular complexity index is 1150. The zero-order valence-corrected chi connectivity index (χ0v) is 16.9. The number of nitrogens with zero attached hydrogens (tertiary/aromatic N) is 2. The molecule has 3 N–H and O–H groups in total. The normalized spacial score (nSPS) is 16.2. The predicted octanol–water partition coefficient (Wildman–Crippen LogP) is 2.05. The van der Waals surface area contributed by atoms with E-state index < -0.39 is 11.9 Å². The van der Waals surface area contributed by atoms with Crippen molar-refractivity contribution in [2.45, 2.75) is 32.4 Å². The van der Waals surface area contributed by atoms with Crippen LogP contribution in [0.2, 0.25) is 0 Å². The molecule has 1 unspecified atom stereocenters. The molecule has 1 atom stereocenters. The number of carbonyl (C=O) groups is 3. The highest BCUT2D eigenvalue weighted by molar-refractivity contribution is 6.00. The number of hydrogen-bond donors (Lipinski definition) is 3. The van der Waals surface area contributed by atoms with Gasteiger partial charge in [0.1, 0.15) is 6.04 Å². The fourth-order valence-electron chi connectivity index (χ4n) is 3.60. The van der Waals surface area contributed by atoms with Gasteiger partial charge in [-0.15, -0.1) is 0 Å². The summed E-state index contributed by atoms with van der Waals surface area (Å²) >= 11 is 0. The molecular formula is C22H22N4O5. The average Bonchev–Trinajstić information content (AvgIpc) is 3.08. The van der Waals surface area contributed by atoms with Gasteiger partial charge in [0.15, 0.2) is 5.88 Å². The summed E-state index contributed by atoms with van der Waals surface area (Å²) in [6.07, 6.45) is 3.70. The monoisotopic (exact) mass is 422 g/mol. The van der Waals surface area contributed by atoms with Crippen LogP contribution in [0, 0.1) is 0 Å². The van der Waals surface area contributed by atoms with E-state index in [-0.39, 0.29) is 30.7 Å². The first-order chi connectivity index (χ1) is 15.0. The second-order valence-electron chi connectivity index (χ2n) is 7.25. The van der Waals surface area contributed by atoms with Crippen LogP contribution in [0.5, 0.6) is 11.8 Å². The van der Waals surface area contributed by atoms with Gasteiger partial charge in [-0.1, -0.05) is 6.07 Å². The maximum Gasteiger partial charge on any atom is 0.253 e. The number of aromatic nitrogens is 2. The van der Waals surface area contributed by atoms with Crippen molar-refractivity contribution in [3.8, 4) is 11.8 Å². The minimum Gasteiger partial charge on any atom is -0.494 e. The lowest BCUT2D eigenvalue weighted by Crippen LogP contribution is -2.41. The lowest BCUT2D eigenvalue weighted by atomic mass is 10.1. The zero-order valence-electron chi connectivity index (χ0n) is 16.9. The van der Waals surface area contributed by atoms with E-state index in [1.807, 2.05) is 13.0 Å². The van der Waals surface area contributed by atoms with Crippen molar-refractivity contribution in [3.63, 3.8) is 0 Å². The summed E-state index contributed by atoms with van der Waals surface area (Å²) in [5.74, 6) is -0.563. The lowest BCUT2D eigenvalue weighted by molar-refractivity contribution is -0.135. The van der Waals surface area contributed by atoms with E-state index in [9.17, 15) is 19.5 Å². The molecule has 1 aliphatic rings. The number of aromatic hydroxyl groups is 1. The number of benzene rings is 1. The Morgan fingerprint density at radius 1 is 1.32 bits per heavy atom. The summed E-state index contributed by atoms with van der Waals surface area (Å²) < 4.78 is 6.76. The molecular weight excluding hydrogens is 400 g/mol. The van der Waals surface area contributed by atoms with Gasteiger partial charge < -0.3 is 19.7 Å². The Morgan fingerprint density at radius 3 is 2.87 bits per heavy atom. The molecule has 3 heterocycles. The Kier molecular flexibility index (Phi) is 5.57. The smallest absolute Gasteiger partial charge is 0.253 e. The molecule has 0 spiro atoms. The van der Waals surface area contributed by atoms with Crippen molar-refractivity contribution in [3.05, 3.63) is 53.9 Å². The number of rotatable bonds is 6. The SMILES string of the molecule is CCOc1ccc(C(=O)NCc2ccc3c(O)n(C4CCC(=O)NC4=O)cc3c2)cn1. The van der Waals surface area contributed by atoms with Gasteiger partial charge >= 0.3 is 0 Å². The topological polar surface area (TPSA) is 123 Å². The highest BCUT2D eigenvalue weighted by Crippen LogP contribution is 2.33. The highest BCUT2D eigenvalue weighted by Gasteiger charge is 2.30. The fourth-order valence-corrected chi connectivity index (χ4v) is 3.60. The summed E-state index contributed by atoms with van der Waals surface area (Å²) in [6, 6.07) is 8.04. The number of imide groups is 1. The van der Waals surface area contributed by atoms with E-state index >= 15 is 0 Å². The van der Waals surface area contributed by atoms with Crippen molar-refractivity contribution < 1.29 is 24.2 Å². The molecule has 9 heteroatoms. The first kappa shape index (κ1) is 20.4. The van der Waals surface area contributed by atoms with Crippen molar-refractivity contribution in [1.82, 2.24) is 20.2 Å². The quantitative estimate of drug-likeness (QED) is 0.523. The minimum absolute atomic E-state index is 0.0273. The van der Waals surface area contributed by atoms with Crippen LogP contribution in [0.4, 0.5) is 0 Å². The highest BCUT2D eigenvalue weighted by atomic mass is 16.5. The molecule has 0 saturated carbocycles. The number of ether oxygens (including phenoxy) is 1. The van der Waals surface area contributed by atoms with Crippen LogP contribution in [0.3, 0.4) is 0 Å². The standard InChI is InChI=1S/C22H22N4O5/c1-2-31-19-8-4-14(11-23-19)20(28)24-10-13-3-5-16-15(9-13)12-26(22(16)30)17-6-7-18(27)25-21(17)29/h3-5,8-9,11-12,17,30H,2,6-7,10H2,1H3,(H,24,28)(H,25,27,29). The van der Waals surface area contributed by atoms with Gasteiger partial charge in [-0.2, -0.15) is 0 Å². The molecule has 1 aromatic carbocycles. The summed E-state index contributed by atoms with van der Waals surface area (Å²) in [4.78, 5) is 40.0. The van der Waals surface area contributed by atoms with E-state index in [0.29, 0.717) is 29.9 Å². The second kappa shape index (κ2) is 8.47. The summed E-state index contributed by atoms with van der Waals surface area (Å²) in [6.45, 7) is 2.64. The number of nitrogens with one attached hydrogen (secondary N) is 2. The molecule has 9 nitrogen and oxygen atoms in total. The summed E-state index contributed by atoms with van der Waals surface area (Å²) in [7, 11) is 0. The second-order valence-corrected chi connectivity index (χ2v) is 7.25. The predicted molar refractivity (Wildman–Crippen MR) is 112 cm³/mol. The molecule has 4 rings (SSSR count). The average molecular weight is 422 g/mol. The van der Waals surface area contributed by atoms with E-state index in [1.54, 1.807) is 30.5 Å². The molecule has 0 radical (unpaired) electrons. The van der Waals surface area contributed by atoms with Crippen molar-refractivity contribution >= 4 is 28.5 Å².